The lowest BCUT2D eigenvalue weighted by Gasteiger charge is -1.91. The van der Waals surface area contributed by atoms with E-state index >= 15 is 0 Å². The lowest BCUT2D eigenvalue weighted by molar-refractivity contribution is 1.35. The summed E-state index contributed by atoms with van der Waals surface area (Å²) >= 11 is 0. The largest absolute Gasteiger partial charge is 1.00 e. The van der Waals surface area contributed by atoms with Crippen molar-refractivity contribution in [2.75, 3.05) is 0 Å². The Morgan fingerprint density at radius 1 is 1.20 bits per heavy atom. The summed E-state index contributed by atoms with van der Waals surface area (Å²) in [5.41, 5.74) is 0. The van der Waals surface area contributed by atoms with E-state index < -0.39 is 0 Å². The van der Waals surface area contributed by atoms with Gasteiger partial charge in [0.2, 0.25) is 0 Å². The Hall–Kier alpha value is -1.37. The van der Waals surface area contributed by atoms with Crippen LogP contribution in [-0.2, 0) is 0 Å². The van der Waals surface area contributed by atoms with Crippen LogP contribution in [-0.4, -0.2) is 4.98 Å². The van der Waals surface area contributed by atoms with E-state index in [-0.39, 0.29) is 14.3 Å². The van der Waals surface area contributed by atoms with Crippen molar-refractivity contribution < 1.29 is 14.3 Å². The third kappa shape index (κ3) is 0.760. The Labute approximate surface area is 74.2 Å². The molecule has 0 aliphatic carbocycles. The van der Waals surface area contributed by atoms with Gasteiger partial charge in [-0.3, -0.25) is 4.98 Å². The van der Waals surface area contributed by atoms with Crippen molar-refractivity contribution in [3.63, 3.8) is 0 Å². The monoisotopic (exact) mass is 138 g/mol. The molecule has 0 N–H and O–H groups in total. The first-order chi connectivity index (χ1) is 4.97. The van der Waals surface area contributed by atoms with Crippen molar-refractivity contribution in [1.29, 1.82) is 0 Å². The topological polar surface area (TPSA) is 12.9 Å². The maximum atomic E-state index is 3.89. The second-order valence-corrected chi connectivity index (χ2v) is 2.14. The predicted molar refractivity (Wildman–Crippen MR) is 51.7 cm³/mol. The minimum absolute atomic E-state index is 0. The first kappa shape index (κ1) is 5.42. The van der Waals surface area contributed by atoms with Gasteiger partial charge in [0.05, 0.1) is 6.20 Å². The fourth-order valence-electron chi connectivity index (χ4n) is 0.969. The summed E-state index contributed by atoms with van der Waals surface area (Å²) < 4.78 is 0. The Morgan fingerprint density at radius 2 is 2.10 bits per heavy atom. The molecule has 2 rings (SSSR count). The van der Waals surface area contributed by atoms with Crippen molar-refractivity contribution in [2.45, 2.75) is 0 Å². The van der Waals surface area contributed by atoms with Gasteiger partial charge in [0, 0.05) is 11.6 Å². The summed E-state index contributed by atoms with van der Waals surface area (Å²) in [6.45, 7) is 0. The summed E-state index contributed by atoms with van der Waals surface area (Å²) in [5.74, 6) is 0. The molecule has 0 bridgehead atoms. The summed E-state index contributed by atoms with van der Waals surface area (Å²) in [6.07, 6.45) is 4.65. The molecule has 2 aromatic rings. The van der Waals surface area contributed by atoms with Gasteiger partial charge in [0.25, 0.3) is 0 Å². The fourth-order valence-corrected chi connectivity index (χ4v) is 0.969. The number of pyridine rings is 1. The number of aromatic nitrogens is 1. The van der Waals surface area contributed by atoms with Crippen molar-refractivity contribution in [2.24, 2.45) is 0 Å². The summed E-state index contributed by atoms with van der Waals surface area (Å²) in [5, 5.41) is 2.27. The van der Waals surface area contributed by atoms with Crippen LogP contribution in [0.5, 0.6) is 0 Å². The molecule has 0 spiro atoms. The molecule has 0 fully saturated rings. The van der Waals surface area contributed by atoms with E-state index in [1.807, 2.05) is 30.3 Å². The van der Waals surface area contributed by atoms with Gasteiger partial charge < -0.3 is 0 Å². The molecule has 1 radical (unpaired) electrons. The number of nitrogens with zero attached hydrogens (tertiary/aromatic N) is 1. The van der Waals surface area contributed by atoms with Crippen LogP contribution in [0.25, 0.3) is 10.8 Å². The van der Waals surface area contributed by atoms with E-state index in [1.54, 1.807) is 6.20 Å². The molecule has 0 saturated carbocycles. The molecule has 0 aliphatic rings. The number of hydrogen-bond donors (Lipinski definition) is 0. The van der Waals surface area contributed by atoms with E-state index in [2.05, 4.69) is 11.2 Å². The van der Waals surface area contributed by atoms with Crippen LogP contribution in [0.15, 0.2) is 36.5 Å². The molecule has 0 atom stereocenters. The Morgan fingerprint density at radius 3 is 3.00 bits per heavy atom. The van der Waals surface area contributed by atoms with Gasteiger partial charge in [-0.15, -0.1) is 0 Å². The minimum Gasteiger partial charge on any atom is -0.254 e. The zero-order valence-electron chi connectivity index (χ0n) is 15.4. The Balaban J connectivity index is -0.0000000173. The predicted octanol–water partition coefficient (Wildman–Crippen LogP) is 3.16. The third-order valence-electron chi connectivity index (χ3n) is 1.47. The molecular formula is C9H16N+10. The van der Waals surface area contributed by atoms with Crippen molar-refractivity contribution in [3.8, 4) is 0 Å². The Kier molecular flexibility index (Phi) is 1.14. The van der Waals surface area contributed by atoms with E-state index in [0.717, 1.165) is 5.39 Å². The molecule has 0 aliphatic heterocycles. The first-order valence-electron chi connectivity index (χ1n) is 3.18. The smallest absolute Gasteiger partial charge is 0.254 e. The van der Waals surface area contributed by atoms with E-state index in [0.29, 0.717) is 0 Å². The number of rotatable bonds is 0. The molecular weight excluding hydrogens is 122 g/mol. The lowest BCUT2D eigenvalue weighted by Crippen LogP contribution is -1.72. The van der Waals surface area contributed by atoms with Gasteiger partial charge in [-0.25, -0.2) is 0 Å². The van der Waals surface area contributed by atoms with Crippen LogP contribution in [0, 0.1) is 6.20 Å². The van der Waals surface area contributed by atoms with Crippen molar-refractivity contribution >= 4 is 10.8 Å². The number of hydrogen-bond acceptors (Lipinski definition) is 1. The van der Waals surface area contributed by atoms with E-state index in [1.165, 1.54) is 5.39 Å². The van der Waals surface area contributed by atoms with Crippen molar-refractivity contribution in [1.82, 2.24) is 4.98 Å². The molecule has 0 unspecified atom stereocenters. The van der Waals surface area contributed by atoms with Crippen LogP contribution in [0.3, 0.4) is 0 Å². The van der Waals surface area contributed by atoms with E-state index in [9.17, 15) is 0 Å². The average molecular weight is 138 g/mol. The standard InChI is InChI=1S/C9H6N/c1-2-4-9-7-10-6-5-8(9)3-1/h1-6H/p+10. The average Bonchev–Trinajstić information content (AvgIpc) is 2.05. The molecule has 1 heteroatoms. The molecule has 1 heterocycles. The maximum Gasteiger partial charge on any atom is 1.00 e. The number of fused-ring (bicyclic) bond motifs is 1. The highest BCUT2D eigenvalue weighted by Gasteiger charge is 1.86. The van der Waals surface area contributed by atoms with Gasteiger partial charge in [-0.2, -0.15) is 0 Å². The second kappa shape index (κ2) is 2.10. The summed E-state index contributed by atoms with van der Waals surface area (Å²) in [4.78, 5) is 3.89. The van der Waals surface area contributed by atoms with Crippen molar-refractivity contribution in [3.05, 3.63) is 42.7 Å². The van der Waals surface area contributed by atoms with Gasteiger partial charge >= 0.3 is 14.3 Å². The summed E-state index contributed by atoms with van der Waals surface area (Å²) in [6, 6.07) is 10.0. The fraction of sp³-hybridized carbons (Fsp3) is 0. The van der Waals surface area contributed by atoms with Crippen LogP contribution >= 0.6 is 0 Å². The molecule has 47 valence electrons. The lowest BCUT2D eigenvalue weighted by atomic mass is 10.2. The molecule has 0 saturated heterocycles. The molecule has 0 amide bonds. The Bertz CT molecular complexity index is 296. The normalized spacial score (nSPS) is 10.0. The first-order valence-corrected chi connectivity index (χ1v) is 3.18. The SMILES string of the molecule is [H+].[H+].[H+].[H+].[H+].[H+].[H+].[H+].[H+].[H+].[c]1nccc2ccccc12. The zero-order chi connectivity index (χ0) is 6.81. The van der Waals surface area contributed by atoms with E-state index in [4.69, 9.17) is 0 Å². The highest BCUT2D eigenvalue weighted by atomic mass is 14.6. The highest BCUT2D eigenvalue weighted by molar-refractivity contribution is 5.80. The molecule has 1 aromatic carbocycles. The second-order valence-electron chi connectivity index (χ2n) is 2.14. The van der Waals surface area contributed by atoms with Gasteiger partial charge in [-0.1, -0.05) is 24.3 Å². The van der Waals surface area contributed by atoms with Gasteiger partial charge in [-0.05, 0) is 11.5 Å². The highest BCUT2D eigenvalue weighted by Crippen LogP contribution is 2.08. The molecule has 10 heavy (non-hydrogen) atoms. The molecule has 1 nitrogen and oxygen atoms in total. The van der Waals surface area contributed by atoms with Crippen LogP contribution < -0.4 is 0 Å². The quantitative estimate of drug-likeness (QED) is 0.545. The molecule has 1 aromatic heterocycles. The van der Waals surface area contributed by atoms with Crippen LogP contribution in [0.2, 0.25) is 0 Å². The number of benzene rings is 1. The van der Waals surface area contributed by atoms with Crippen LogP contribution in [0.4, 0.5) is 0 Å². The summed E-state index contributed by atoms with van der Waals surface area (Å²) in [7, 11) is 0. The zero-order valence-corrected chi connectivity index (χ0v) is 5.41. The minimum atomic E-state index is 0. The van der Waals surface area contributed by atoms with Crippen LogP contribution in [0.1, 0.15) is 14.3 Å². The third-order valence-corrected chi connectivity index (χ3v) is 1.47. The van der Waals surface area contributed by atoms with Gasteiger partial charge in [0.1, 0.15) is 0 Å². The van der Waals surface area contributed by atoms with Gasteiger partial charge in [0.15, 0.2) is 0 Å². The maximum absolute atomic E-state index is 3.89.